The third-order valence-corrected chi connectivity index (χ3v) is 6.82. The van der Waals surface area contributed by atoms with Crippen LogP contribution in [0, 0.1) is 13.8 Å². The van der Waals surface area contributed by atoms with E-state index in [1.165, 1.54) is 21.4 Å². The summed E-state index contributed by atoms with van der Waals surface area (Å²) in [6, 6.07) is 3.12. The maximum Gasteiger partial charge on any atom is 0.318 e. The van der Waals surface area contributed by atoms with Crippen LogP contribution in [0.4, 0.5) is 5.82 Å². The molecule has 4 rings (SSSR count). The van der Waals surface area contributed by atoms with Crippen LogP contribution in [0.1, 0.15) is 36.0 Å². The first-order valence-electron chi connectivity index (χ1n) is 10.3. The van der Waals surface area contributed by atoms with Crippen molar-refractivity contribution in [2.75, 3.05) is 31.6 Å². The molecule has 29 heavy (non-hydrogen) atoms. The van der Waals surface area contributed by atoms with Gasteiger partial charge in [0, 0.05) is 31.5 Å². The van der Waals surface area contributed by atoms with E-state index in [2.05, 4.69) is 50.5 Å². The zero-order valence-electron chi connectivity index (χ0n) is 17.4. The molecule has 1 aliphatic heterocycles. The summed E-state index contributed by atoms with van der Waals surface area (Å²) in [7, 11) is 1.63. The Morgan fingerprint density at radius 1 is 1.21 bits per heavy atom. The number of nitrogens with one attached hydrogen (secondary N) is 1. The van der Waals surface area contributed by atoms with Gasteiger partial charge in [-0.25, -0.2) is 0 Å². The van der Waals surface area contributed by atoms with Gasteiger partial charge in [-0.1, -0.05) is 0 Å². The predicted molar refractivity (Wildman–Crippen MR) is 119 cm³/mol. The van der Waals surface area contributed by atoms with Crippen LogP contribution in [0.25, 0.3) is 10.2 Å². The lowest BCUT2D eigenvalue weighted by Gasteiger charge is -2.33. The van der Waals surface area contributed by atoms with Crippen LogP contribution in [0.15, 0.2) is 23.8 Å². The van der Waals surface area contributed by atoms with Crippen LogP contribution < -0.4 is 15.0 Å². The van der Waals surface area contributed by atoms with Crippen molar-refractivity contribution in [1.29, 1.82) is 0 Å². The Kier molecular flexibility index (Phi) is 6.25. The minimum absolute atomic E-state index is 0.458. The van der Waals surface area contributed by atoms with E-state index in [0.29, 0.717) is 12.1 Å². The molecule has 0 bridgehead atoms. The Hall–Kier alpha value is -2.25. The Balaban J connectivity index is 1.31. The van der Waals surface area contributed by atoms with Crippen molar-refractivity contribution < 1.29 is 4.74 Å². The zero-order valence-corrected chi connectivity index (χ0v) is 18.3. The number of piperidine rings is 1. The van der Waals surface area contributed by atoms with E-state index in [-0.39, 0.29) is 0 Å². The SMILES string of the molecule is COc1nc(N2CCC(NCCCc3cnccc3C)CC2)c2scc(C)c2n1. The molecule has 3 aromatic heterocycles. The average molecular weight is 412 g/mol. The standard InChI is InChI=1S/C22H29N5OS/c1-15-6-10-23-13-17(15)5-4-9-24-18-7-11-27(12-8-18)21-20-19(16(2)14-29-20)25-22(26-21)28-3/h6,10,13-14,18,24H,4-5,7-9,11-12H2,1-3H3. The van der Waals surface area contributed by atoms with Crippen molar-refractivity contribution in [2.24, 2.45) is 0 Å². The van der Waals surface area contributed by atoms with Crippen LogP contribution in [-0.2, 0) is 6.42 Å². The van der Waals surface area contributed by atoms with Crippen molar-refractivity contribution in [3.05, 3.63) is 40.5 Å². The molecule has 0 atom stereocenters. The van der Waals surface area contributed by atoms with Crippen molar-refractivity contribution in [2.45, 2.75) is 45.6 Å². The molecule has 0 saturated carbocycles. The van der Waals surface area contributed by atoms with Crippen molar-refractivity contribution in [1.82, 2.24) is 20.3 Å². The largest absolute Gasteiger partial charge is 0.467 e. The first-order chi connectivity index (χ1) is 14.2. The van der Waals surface area contributed by atoms with Gasteiger partial charge in [0.1, 0.15) is 0 Å². The lowest BCUT2D eigenvalue weighted by atomic mass is 10.0. The van der Waals surface area contributed by atoms with Gasteiger partial charge in [0.05, 0.1) is 17.3 Å². The quantitative estimate of drug-likeness (QED) is 0.595. The molecule has 3 aromatic rings. The topological polar surface area (TPSA) is 63.2 Å². The van der Waals surface area contributed by atoms with Gasteiger partial charge in [-0.15, -0.1) is 11.3 Å². The zero-order chi connectivity index (χ0) is 20.2. The second-order valence-corrected chi connectivity index (χ2v) is 8.63. The molecule has 6 nitrogen and oxygen atoms in total. The van der Waals surface area contributed by atoms with Crippen LogP contribution in [-0.4, -0.2) is 47.7 Å². The van der Waals surface area contributed by atoms with Crippen LogP contribution in [0.5, 0.6) is 6.01 Å². The number of hydrogen-bond donors (Lipinski definition) is 1. The van der Waals surface area contributed by atoms with Gasteiger partial charge in [0.25, 0.3) is 0 Å². The number of methoxy groups -OCH3 is 1. The third kappa shape index (κ3) is 4.51. The molecule has 0 amide bonds. The maximum atomic E-state index is 5.35. The fraction of sp³-hybridized carbons (Fsp3) is 0.500. The lowest BCUT2D eigenvalue weighted by molar-refractivity contribution is 0.379. The Morgan fingerprint density at radius 3 is 2.79 bits per heavy atom. The van der Waals surface area contributed by atoms with Gasteiger partial charge in [-0.3, -0.25) is 4.98 Å². The van der Waals surface area contributed by atoms with Crippen LogP contribution >= 0.6 is 11.3 Å². The number of rotatable bonds is 7. The van der Waals surface area contributed by atoms with E-state index in [4.69, 9.17) is 4.74 Å². The van der Waals surface area contributed by atoms with Crippen LogP contribution in [0.3, 0.4) is 0 Å². The molecule has 1 aliphatic rings. The highest BCUT2D eigenvalue weighted by Crippen LogP contribution is 2.34. The van der Waals surface area contributed by atoms with E-state index >= 15 is 0 Å². The third-order valence-electron chi connectivity index (χ3n) is 5.73. The second kappa shape index (κ2) is 9.05. The van der Waals surface area contributed by atoms with Gasteiger partial charge in [-0.05, 0) is 74.2 Å². The molecule has 0 aliphatic carbocycles. The average Bonchev–Trinajstić information content (AvgIpc) is 3.13. The summed E-state index contributed by atoms with van der Waals surface area (Å²) in [5.41, 5.74) is 4.90. The molecular weight excluding hydrogens is 382 g/mol. The Labute approximate surface area is 176 Å². The van der Waals surface area contributed by atoms with Gasteiger partial charge in [-0.2, -0.15) is 9.97 Å². The molecule has 0 unspecified atom stereocenters. The van der Waals surface area contributed by atoms with E-state index in [1.807, 2.05) is 12.4 Å². The van der Waals surface area contributed by atoms with Gasteiger partial charge in [0.2, 0.25) is 0 Å². The van der Waals surface area contributed by atoms with Crippen LogP contribution in [0.2, 0.25) is 0 Å². The van der Waals surface area contributed by atoms with Gasteiger partial charge < -0.3 is 15.0 Å². The van der Waals surface area contributed by atoms with E-state index in [1.54, 1.807) is 18.4 Å². The number of aromatic nitrogens is 3. The van der Waals surface area contributed by atoms with Crippen molar-refractivity contribution in [3.8, 4) is 6.01 Å². The summed E-state index contributed by atoms with van der Waals surface area (Å²) in [5.74, 6) is 1.02. The summed E-state index contributed by atoms with van der Waals surface area (Å²) < 4.78 is 6.52. The molecule has 0 aromatic carbocycles. The number of aryl methyl sites for hydroxylation is 3. The van der Waals surface area contributed by atoms with E-state index in [9.17, 15) is 0 Å². The number of hydrogen-bond acceptors (Lipinski definition) is 7. The van der Waals surface area contributed by atoms with E-state index in [0.717, 1.165) is 56.7 Å². The molecule has 4 heterocycles. The Bertz CT molecular complexity index is 965. The molecular formula is C22H29N5OS. The fourth-order valence-corrected chi connectivity index (χ4v) is 4.95. The van der Waals surface area contributed by atoms with Crippen molar-refractivity contribution in [3.63, 3.8) is 0 Å². The first kappa shape index (κ1) is 20.0. The maximum absolute atomic E-state index is 5.35. The second-order valence-electron chi connectivity index (χ2n) is 7.75. The van der Waals surface area contributed by atoms with E-state index < -0.39 is 0 Å². The molecule has 0 radical (unpaired) electrons. The highest BCUT2D eigenvalue weighted by atomic mass is 32.1. The summed E-state index contributed by atoms with van der Waals surface area (Å²) >= 11 is 1.73. The summed E-state index contributed by atoms with van der Waals surface area (Å²) in [4.78, 5) is 15.8. The number of thiophene rings is 1. The van der Waals surface area contributed by atoms with Gasteiger partial charge in [0.15, 0.2) is 5.82 Å². The monoisotopic (exact) mass is 411 g/mol. The Morgan fingerprint density at radius 2 is 2.03 bits per heavy atom. The minimum Gasteiger partial charge on any atom is -0.467 e. The summed E-state index contributed by atoms with van der Waals surface area (Å²) in [6.07, 6.45) is 8.35. The molecule has 1 fully saturated rings. The summed E-state index contributed by atoms with van der Waals surface area (Å²) in [5, 5.41) is 5.90. The fourth-order valence-electron chi connectivity index (χ4n) is 3.94. The number of pyridine rings is 1. The highest BCUT2D eigenvalue weighted by molar-refractivity contribution is 7.18. The lowest BCUT2D eigenvalue weighted by Crippen LogP contribution is -2.43. The smallest absolute Gasteiger partial charge is 0.318 e. The normalized spacial score (nSPS) is 15.2. The highest BCUT2D eigenvalue weighted by Gasteiger charge is 2.23. The number of anilines is 1. The molecule has 7 heteroatoms. The molecule has 154 valence electrons. The predicted octanol–water partition coefficient (Wildman–Crippen LogP) is 3.90. The molecule has 1 saturated heterocycles. The summed E-state index contributed by atoms with van der Waals surface area (Å²) in [6.45, 7) is 7.32. The number of nitrogens with zero attached hydrogens (tertiary/aromatic N) is 4. The van der Waals surface area contributed by atoms with Gasteiger partial charge >= 0.3 is 6.01 Å². The molecule has 0 spiro atoms. The minimum atomic E-state index is 0.458. The first-order valence-corrected chi connectivity index (χ1v) is 11.2. The number of fused-ring (bicyclic) bond motifs is 1. The van der Waals surface area contributed by atoms with Crippen molar-refractivity contribution >= 4 is 27.4 Å². The number of ether oxygens (including phenoxy) is 1. The molecule has 1 N–H and O–H groups in total.